The third-order valence-electron chi connectivity index (χ3n) is 2.98. The van der Waals surface area contributed by atoms with Crippen LogP contribution in [0.15, 0.2) is 10.3 Å². The number of aliphatic carboxylic acids is 1. The summed E-state index contributed by atoms with van der Waals surface area (Å²) in [4.78, 5) is 10.6. The highest BCUT2D eigenvalue weighted by atomic mass is 32.2. The van der Waals surface area contributed by atoms with E-state index in [1.807, 2.05) is 0 Å². The van der Waals surface area contributed by atoms with Crippen molar-refractivity contribution in [2.75, 3.05) is 20.2 Å². The Morgan fingerprint density at radius 3 is 3.00 bits per heavy atom. The van der Waals surface area contributed by atoms with Gasteiger partial charge in [0.1, 0.15) is 0 Å². The van der Waals surface area contributed by atoms with E-state index in [1.54, 1.807) is 0 Å². The Balaban J connectivity index is 2.11. The number of carboxylic acid groups (broad SMARTS) is 1. The van der Waals surface area contributed by atoms with Crippen molar-refractivity contribution in [3.63, 3.8) is 0 Å². The fraction of sp³-hybridized carbons (Fsp3) is 0.600. The second kappa shape index (κ2) is 5.43. The van der Waals surface area contributed by atoms with Crippen molar-refractivity contribution in [3.8, 4) is 5.88 Å². The molecule has 19 heavy (non-hydrogen) atoms. The number of hydrogen-bond acceptors (Lipinski definition) is 6. The SMILES string of the molecule is COc1cc(S(=O)(=O)N2CCC(CC(=O)O)C2)sn1. The van der Waals surface area contributed by atoms with Gasteiger partial charge in [0.2, 0.25) is 5.88 Å². The summed E-state index contributed by atoms with van der Waals surface area (Å²) >= 11 is 0.862. The fourth-order valence-corrected chi connectivity index (χ4v) is 4.54. The quantitative estimate of drug-likeness (QED) is 0.857. The van der Waals surface area contributed by atoms with Crippen LogP contribution in [-0.4, -0.2) is 48.4 Å². The molecule has 2 rings (SSSR count). The number of aromatic nitrogens is 1. The zero-order chi connectivity index (χ0) is 14.0. The maximum absolute atomic E-state index is 12.3. The summed E-state index contributed by atoms with van der Waals surface area (Å²) in [6, 6.07) is 1.38. The Hall–Kier alpha value is -1.19. The molecule has 1 aliphatic rings. The summed E-state index contributed by atoms with van der Waals surface area (Å²) in [7, 11) is -2.16. The second-order valence-corrected chi connectivity index (χ2v) is 7.27. The molecular formula is C10H14N2O5S2. The first-order valence-electron chi connectivity index (χ1n) is 5.66. The normalized spacial score (nSPS) is 20.6. The molecule has 1 aliphatic heterocycles. The maximum Gasteiger partial charge on any atom is 0.303 e. The van der Waals surface area contributed by atoms with E-state index in [4.69, 9.17) is 9.84 Å². The van der Waals surface area contributed by atoms with Crippen LogP contribution in [0, 0.1) is 5.92 Å². The van der Waals surface area contributed by atoms with Crippen LogP contribution in [0.2, 0.25) is 0 Å². The molecule has 7 nitrogen and oxygen atoms in total. The fourth-order valence-electron chi connectivity index (χ4n) is 2.02. The zero-order valence-corrected chi connectivity index (χ0v) is 11.9. The monoisotopic (exact) mass is 306 g/mol. The molecule has 0 aromatic carbocycles. The number of nitrogens with zero attached hydrogens (tertiary/aromatic N) is 2. The van der Waals surface area contributed by atoms with Gasteiger partial charge in [0, 0.05) is 25.6 Å². The van der Waals surface area contributed by atoms with Gasteiger partial charge in [-0.3, -0.25) is 4.79 Å². The van der Waals surface area contributed by atoms with Crippen LogP contribution >= 0.6 is 11.5 Å². The summed E-state index contributed by atoms with van der Waals surface area (Å²) in [5, 5.41) is 8.72. The molecule has 2 heterocycles. The molecule has 0 bridgehead atoms. The highest BCUT2D eigenvalue weighted by Gasteiger charge is 2.34. The van der Waals surface area contributed by atoms with Crippen LogP contribution in [-0.2, 0) is 14.8 Å². The lowest BCUT2D eigenvalue weighted by Crippen LogP contribution is -2.28. The van der Waals surface area contributed by atoms with Gasteiger partial charge < -0.3 is 9.84 Å². The van der Waals surface area contributed by atoms with E-state index < -0.39 is 16.0 Å². The minimum absolute atomic E-state index is 0.00195. The smallest absolute Gasteiger partial charge is 0.303 e. The molecule has 1 fully saturated rings. The van der Waals surface area contributed by atoms with E-state index in [9.17, 15) is 13.2 Å². The van der Waals surface area contributed by atoms with Gasteiger partial charge in [-0.05, 0) is 23.9 Å². The van der Waals surface area contributed by atoms with E-state index >= 15 is 0 Å². The Kier molecular flexibility index (Phi) is 4.07. The van der Waals surface area contributed by atoms with Gasteiger partial charge in [-0.1, -0.05) is 0 Å². The van der Waals surface area contributed by atoms with Crippen LogP contribution < -0.4 is 4.74 Å². The lowest BCUT2D eigenvalue weighted by molar-refractivity contribution is -0.137. The van der Waals surface area contributed by atoms with E-state index in [-0.39, 0.29) is 29.0 Å². The van der Waals surface area contributed by atoms with Crippen LogP contribution in [0.3, 0.4) is 0 Å². The number of methoxy groups -OCH3 is 1. The van der Waals surface area contributed by atoms with Crippen molar-refractivity contribution in [1.82, 2.24) is 8.68 Å². The van der Waals surface area contributed by atoms with Crippen molar-refractivity contribution < 1.29 is 23.1 Å². The Labute approximate surface area is 115 Å². The van der Waals surface area contributed by atoms with Gasteiger partial charge in [-0.25, -0.2) is 8.42 Å². The van der Waals surface area contributed by atoms with E-state index in [0.717, 1.165) is 11.5 Å². The highest BCUT2D eigenvalue weighted by molar-refractivity contribution is 7.91. The molecule has 1 unspecified atom stereocenters. The second-order valence-electron chi connectivity index (χ2n) is 4.30. The van der Waals surface area contributed by atoms with Crippen LogP contribution in [0.1, 0.15) is 12.8 Å². The molecule has 0 spiro atoms. The van der Waals surface area contributed by atoms with E-state index in [2.05, 4.69) is 4.37 Å². The van der Waals surface area contributed by atoms with Gasteiger partial charge in [0.15, 0.2) is 4.21 Å². The third-order valence-corrected chi connectivity index (χ3v) is 6.04. The summed E-state index contributed by atoms with van der Waals surface area (Å²) in [5.41, 5.74) is 0. The first kappa shape index (κ1) is 14.2. The number of rotatable bonds is 5. The van der Waals surface area contributed by atoms with Gasteiger partial charge in [-0.2, -0.15) is 8.68 Å². The summed E-state index contributed by atoms with van der Waals surface area (Å²) in [5.74, 6) is -0.754. The van der Waals surface area contributed by atoms with Gasteiger partial charge >= 0.3 is 5.97 Å². The van der Waals surface area contributed by atoms with Gasteiger partial charge in [0.05, 0.1) is 7.11 Å². The van der Waals surface area contributed by atoms with Gasteiger partial charge in [-0.15, -0.1) is 0 Å². The van der Waals surface area contributed by atoms with Crippen molar-refractivity contribution in [2.24, 2.45) is 5.92 Å². The minimum atomic E-state index is -3.58. The molecule has 0 amide bonds. The largest absolute Gasteiger partial charge is 0.481 e. The predicted octanol–water partition coefficient (Wildman–Crippen LogP) is 0.637. The average molecular weight is 306 g/mol. The predicted molar refractivity (Wildman–Crippen MR) is 67.8 cm³/mol. The molecule has 1 saturated heterocycles. The number of carbonyl (C=O) groups is 1. The standard InChI is InChI=1S/C10H14N2O5S2/c1-17-8-5-10(18-11-8)19(15,16)12-3-2-7(6-12)4-9(13)14/h5,7H,2-4,6H2,1H3,(H,13,14). The Morgan fingerprint density at radius 1 is 1.68 bits per heavy atom. The van der Waals surface area contributed by atoms with Crippen molar-refractivity contribution in [3.05, 3.63) is 6.07 Å². The Bertz CT molecular complexity index is 568. The molecule has 0 saturated carbocycles. The maximum atomic E-state index is 12.3. The van der Waals surface area contributed by atoms with E-state index in [1.165, 1.54) is 17.5 Å². The lowest BCUT2D eigenvalue weighted by Gasteiger charge is -2.14. The first-order chi connectivity index (χ1) is 8.93. The average Bonchev–Trinajstić information content (AvgIpc) is 2.96. The summed E-state index contributed by atoms with van der Waals surface area (Å²) in [6.45, 7) is 0.593. The number of sulfonamides is 1. The molecular weight excluding hydrogens is 292 g/mol. The van der Waals surface area contributed by atoms with Crippen LogP contribution in [0.25, 0.3) is 0 Å². The molecule has 0 radical (unpaired) electrons. The summed E-state index contributed by atoms with van der Waals surface area (Å²) in [6.07, 6.45) is 0.569. The highest BCUT2D eigenvalue weighted by Crippen LogP contribution is 2.29. The molecule has 1 N–H and O–H groups in total. The number of carboxylic acids is 1. The molecule has 1 aromatic heterocycles. The number of hydrogen-bond donors (Lipinski definition) is 1. The number of ether oxygens (including phenoxy) is 1. The lowest BCUT2D eigenvalue weighted by atomic mass is 10.1. The molecule has 9 heteroatoms. The molecule has 106 valence electrons. The molecule has 1 atom stereocenters. The molecule has 0 aliphatic carbocycles. The Morgan fingerprint density at radius 2 is 2.42 bits per heavy atom. The van der Waals surface area contributed by atoms with Crippen molar-refractivity contribution >= 4 is 27.5 Å². The van der Waals surface area contributed by atoms with Crippen LogP contribution in [0.5, 0.6) is 5.88 Å². The van der Waals surface area contributed by atoms with Gasteiger partial charge in [0.25, 0.3) is 10.0 Å². The minimum Gasteiger partial charge on any atom is -0.481 e. The third kappa shape index (κ3) is 3.04. The van der Waals surface area contributed by atoms with Crippen molar-refractivity contribution in [2.45, 2.75) is 17.1 Å². The molecule has 1 aromatic rings. The first-order valence-corrected chi connectivity index (χ1v) is 7.87. The van der Waals surface area contributed by atoms with Crippen LogP contribution in [0.4, 0.5) is 0 Å². The zero-order valence-electron chi connectivity index (χ0n) is 10.3. The topological polar surface area (TPSA) is 96.8 Å². The summed E-state index contributed by atoms with van der Waals surface area (Å²) < 4.78 is 34.7. The van der Waals surface area contributed by atoms with E-state index in [0.29, 0.717) is 13.0 Å². The van der Waals surface area contributed by atoms with Crippen molar-refractivity contribution in [1.29, 1.82) is 0 Å².